The molecule has 0 saturated heterocycles. The first-order valence-electron chi connectivity index (χ1n) is 7.50. The molecule has 0 spiro atoms. The molecule has 1 aliphatic carbocycles. The number of rotatable bonds is 5. The SMILES string of the molecule is CNCC1(CC(C)OC)CCC(C(C)(C)C)CC1. The van der Waals surface area contributed by atoms with Crippen LogP contribution in [0.5, 0.6) is 0 Å². The molecule has 1 N–H and O–H groups in total. The molecule has 0 aromatic heterocycles. The van der Waals surface area contributed by atoms with Crippen LogP contribution >= 0.6 is 0 Å². The average Bonchev–Trinajstić information content (AvgIpc) is 2.28. The third kappa shape index (κ3) is 4.24. The minimum absolute atomic E-state index is 0.379. The van der Waals surface area contributed by atoms with Crippen LogP contribution in [-0.4, -0.2) is 26.8 Å². The van der Waals surface area contributed by atoms with Crippen LogP contribution in [-0.2, 0) is 4.74 Å². The fraction of sp³-hybridized carbons (Fsp3) is 1.00. The van der Waals surface area contributed by atoms with Gasteiger partial charge < -0.3 is 10.1 Å². The monoisotopic (exact) mass is 255 g/mol. The van der Waals surface area contributed by atoms with E-state index in [9.17, 15) is 0 Å². The van der Waals surface area contributed by atoms with Crippen molar-refractivity contribution >= 4 is 0 Å². The molecular formula is C16H33NO. The molecule has 108 valence electrons. The molecule has 0 aromatic rings. The van der Waals surface area contributed by atoms with Gasteiger partial charge in [-0.2, -0.15) is 0 Å². The summed E-state index contributed by atoms with van der Waals surface area (Å²) in [7, 11) is 3.91. The van der Waals surface area contributed by atoms with Crippen molar-refractivity contribution < 1.29 is 4.74 Å². The summed E-state index contributed by atoms with van der Waals surface area (Å²) in [5.41, 5.74) is 0.935. The van der Waals surface area contributed by atoms with Gasteiger partial charge in [-0.15, -0.1) is 0 Å². The Morgan fingerprint density at radius 3 is 2.22 bits per heavy atom. The minimum atomic E-state index is 0.379. The van der Waals surface area contributed by atoms with Crippen molar-refractivity contribution in [3.63, 3.8) is 0 Å². The summed E-state index contributed by atoms with van der Waals surface area (Å²) in [6.45, 7) is 10.5. The number of methoxy groups -OCH3 is 1. The van der Waals surface area contributed by atoms with Crippen LogP contribution in [0.4, 0.5) is 0 Å². The normalized spacial score (nSPS) is 31.3. The second kappa shape index (κ2) is 6.38. The Bertz CT molecular complexity index is 236. The van der Waals surface area contributed by atoms with E-state index >= 15 is 0 Å². The zero-order valence-corrected chi connectivity index (χ0v) is 13.3. The maximum atomic E-state index is 5.49. The first-order chi connectivity index (χ1) is 8.33. The molecule has 0 radical (unpaired) electrons. The van der Waals surface area contributed by atoms with Crippen LogP contribution in [0, 0.1) is 16.7 Å². The van der Waals surface area contributed by atoms with E-state index in [-0.39, 0.29) is 0 Å². The lowest BCUT2D eigenvalue weighted by Crippen LogP contribution is -2.40. The van der Waals surface area contributed by atoms with E-state index in [2.05, 4.69) is 40.1 Å². The number of nitrogens with one attached hydrogen (secondary N) is 1. The van der Waals surface area contributed by atoms with E-state index in [1.165, 1.54) is 32.1 Å². The summed E-state index contributed by atoms with van der Waals surface area (Å²) in [6, 6.07) is 0. The first kappa shape index (κ1) is 16.0. The maximum Gasteiger partial charge on any atom is 0.0549 e. The third-order valence-electron chi connectivity index (χ3n) is 4.95. The zero-order valence-electron chi connectivity index (χ0n) is 13.3. The van der Waals surface area contributed by atoms with Gasteiger partial charge in [0.05, 0.1) is 6.10 Å². The van der Waals surface area contributed by atoms with Gasteiger partial charge in [-0.1, -0.05) is 20.8 Å². The molecular weight excluding hydrogens is 222 g/mol. The summed E-state index contributed by atoms with van der Waals surface area (Å²) in [5, 5.41) is 3.41. The summed E-state index contributed by atoms with van der Waals surface area (Å²) in [5.74, 6) is 0.889. The molecule has 1 rings (SSSR count). The van der Waals surface area contributed by atoms with Gasteiger partial charge in [0.15, 0.2) is 0 Å². The lowest BCUT2D eigenvalue weighted by atomic mass is 9.62. The van der Waals surface area contributed by atoms with Gasteiger partial charge in [0, 0.05) is 13.7 Å². The van der Waals surface area contributed by atoms with E-state index in [1.807, 2.05) is 7.11 Å². The molecule has 0 heterocycles. The van der Waals surface area contributed by atoms with Crippen LogP contribution in [0.15, 0.2) is 0 Å². The van der Waals surface area contributed by atoms with Gasteiger partial charge in [0.25, 0.3) is 0 Å². The van der Waals surface area contributed by atoms with Gasteiger partial charge in [0.1, 0.15) is 0 Å². The zero-order chi connectivity index (χ0) is 13.8. The summed E-state index contributed by atoms with van der Waals surface area (Å²) < 4.78 is 5.49. The molecule has 0 amide bonds. The molecule has 18 heavy (non-hydrogen) atoms. The van der Waals surface area contributed by atoms with Crippen molar-refractivity contribution in [3.05, 3.63) is 0 Å². The van der Waals surface area contributed by atoms with Gasteiger partial charge in [-0.25, -0.2) is 0 Å². The van der Waals surface area contributed by atoms with Gasteiger partial charge in [-0.05, 0) is 62.8 Å². The third-order valence-corrected chi connectivity index (χ3v) is 4.95. The lowest BCUT2D eigenvalue weighted by Gasteiger charge is -2.45. The van der Waals surface area contributed by atoms with E-state index in [4.69, 9.17) is 4.74 Å². The Balaban J connectivity index is 2.62. The van der Waals surface area contributed by atoms with Crippen LogP contribution in [0.25, 0.3) is 0 Å². The highest BCUT2D eigenvalue weighted by Crippen LogP contribution is 2.47. The largest absolute Gasteiger partial charge is 0.382 e. The molecule has 0 bridgehead atoms. The van der Waals surface area contributed by atoms with Crippen molar-refractivity contribution in [1.29, 1.82) is 0 Å². The fourth-order valence-electron chi connectivity index (χ4n) is 3.62. The molecule has 1 aliphatic rings. The topological polar surface area (TPSA) is 21.3 Å². The van der Waals surface area contributed by atoms with Crippen LogP contribution in [0.2, 0.25) is 0 Å². The highest BCUT2D eigenvalue weighted by Gasteiger charge is 2.39. The van der Waals surface area contributed by atoms with Crippen molar-refractivity contribution in [2.45, 2.75) is 65.9 Å². The molecule has 1 saturated carbocycles. The molecule has 1 atom stereocenters. The van der Waals surface area contributed by atoms with E-state index < -0.39 is 0 Å². The van der Waals surface area contributed by atoms with Crippen LogP contribution in [0.3, 0.4) is 0 Å². The smallest absolute Gasteiger partial charge is 0.0549 e. The van der Waals surface area contributed by atoms with Crippen molar-refractivity contribution in [1.82, 2.24) is 5.32 Å². The van der Waals surface area contributed by atoms with Gasteiger partial charge in [-0.3, -0.25) is 0 Å². The minimum Gasteiger partial charge on any atom is -0.382 e. The molecule has 2 nitrogen and oxygen atoms in total. The summed E-state index contributed by atoms with van der Waals surface area (Å²) in [4.78, 5) is 0. The van der Waals surface area contributed by atoms with E-state index in [1.54, 1.807) is 0 Å². The lowest BCUT2D eigenvalue weighted by molar-refractivity contribution is 0.0224. The second-order valence-electron chi connectivity index (χ2n) is 7.42. The van der Waals surface area contributed by atoms with Crippen molar-refractivity contribution in [2.75, 3.05) is 20.7 Å². The fourth-order valence-corrected chi connectivity index (χ4v) is 3.62. The summed E-state index contributed by atoms with van der Waals surface area (Å²) in [6.07, 6.45) is 7.03. The highest BCUT2D eigenvalue weighted by atomic mass is 16.5. The average molecular weight is 255 g/mol. The molecule has 0 aliphatic heterocycles. The molecule has 0 aromatic carbocycles. The Kier molecular flexibility index (Phi) is 5.67. The van der Waals surface area contributed by atoms with Crippen molar-refractivity contribution in [2.24, 2.45) is 16.7 Å². The molecule has 1 unspecified atom stereocenters. The quantitative estimate of drug-likeness (QED) is 0.805. The maximum absolute atomic E-state index is 5.49. The Labute approximate surface area is 114 Å². The Hall–Kier alpha value is -0.0800. The van der Waals surface area contributed by atoms with Crippen molar-refractivity contribution in [3.8, 4) is 0 Å². The standard InChI is InChI=1S/C16H33NO/c1-13(18-6)11-16(12-17-5)9-7-14(8-10-16)15(2,3)4/h13-14,17H,7-12H2,1-6H3. The number of hydrogen-bond acceptors (Lipinski definition) is 2. The number of hydrogen-bond donors (Lipinski definition) is 1. The predicted octanol–water partition coefficient (Wildman–Crippen LogP) is 3.85. The Morgan fingerprint density at radius 2 is 1.83 bits per heavy atom. The highest BCUT2D eigenvalue weighted by molar-refractivity contribution is 4.91. The van der Waals surface area contributed by atoms with Gasteiger partial charge in [0.2, 0.25) is 0 Å². The predicted molar refractivity (Wildman–Crippen MR) is 78.9 cm³/mol. The molecule has 1 fully saturated rings. The van der Waals surface area contributed by atoms with Gasteiger partial charge >= 0.3 is 0 Å². The first-order valence-corrected chi connectivity index (χ1v) is 7.50. The summed E-state index contributed by atoms with van der Waals surface area (Å²) >= 11 is 0. The van der Waals surface area contributed by atoms with E-state index in [0.29, 0.717) is 16.9 Å². The van der Waals surface area contributed by atoms with E-state index in [0.717, 1.165) is 12.5 Å². The second-order valence-corrected chi connectivity index (χ2v) is 7.42. The Morgan fingerprint density at radius 1 is 1.28 bits per heavy atom. The molecule has 2 heteroatoms. The van der Waals surface area contributed by atoms with Crippen LogP contribution in [0.1, 0.15) is 59.8 Å². The van der Waals surface area contributed by atoms with Crippen LogP contribution < -0.4 is 5.32 Å². The number of ether oxygens (including phenoxy) is 1.